The zero-order valence-corrected chi connectivity index (χ0v) is 10.4. The van der Waals surface area contributed by atoms with Crippen molar-refractivity contribution in [2.75, 3.05) is 24.7 Å². The molecule has 1 aromatic rings. The van der Waals surface area contributed by atoms with Gasteiger partial charge in [0.2, 0.25) is 0 Å². The minimum absolute atomic E-state index is 0.106. The number of nitrogen functional groups attached to an aromatic ring is 1. The van der Waals surface area contributed by atoms with Crippen LogP contribution in [-0.4, -0.2) is 31.6 Å². The quantitative estimate of drug-likeness (QED) is 0.635. The first-order valence-electron chi connectivity index (χ1n) is 6.11. The van der Waals surface area contributed by atoms with E-state index in [0.717, 1.165) is 18.7 Å². The molecule has 0 amide bonds. The molecule has 0 bridgehead atoms. The lowest BCUT2D eigenvalue weighted by molar-refractivity contribution is 0.0930. The van der Waals surface area contributed by atoms with Crippen LogP contribution in [0, 0.1) is 11.2 Å². The topological polar surface area (TPSA) is 62.3 Å². The van der Waals surface area contributed by atoms with Gasteiger partial charge in [-0.05, 0) is 24.6 Å². The largest absolute Gasteiger partial charge is 0.384 e. The normalized spacial score (nSPS) is 19.9. The Morgan fingerprint density at radius 3 is 3.06 bits per heavy atom. The van der Waals surface area contributed by atoms with E-state index in [0.29, 0.717) is 18.8 Å². The standard InChI is InChI=1S/C13H18FN3O/c1-2-10-8-18-6-5-17(10)12-4-3-9(14)7-11(12)13(15)16/h3-4,7,10H,2,5-6,8H2,1H3,(H3,15,16). The van der Waals surface area contributed by atoms with Crippen LogP contribution in [-0.2, 0) is 4.74 Å². The average Bonchev–Trinajstić information content (AvgIpc) is 2.38. The van der Waals surface area contributed by atoms with Crippen molar-refractivity contribution < 1.29 is 9.13 Å². The number of hydrogen-bond acceptors (Lipinski definition) is 3. The summed E-state index contributed by atoms with van der Waals surface area (Å²) in [6.07, 6.45) is 0.939. The van der Waals surface area contributed by atoms with Crippen molar-refractivity contribution in [1.29, 1.82) is 5.41 Å². The maximum absolute atomic E-state index is 13.3. The van der Waals surface area contributed by atoms with E-state index in [1.165, 1.54) is 12.1 Å². The number of ether oxygens (including phenoxy) is 1. The SMILES string of the molecule is CCC1COCCN1c1ccc(F)cc1C(=N)N. The number of benzene rings is 1. The van der Waals surface area contributed by atoms with Gasteiger partial charge in [0.1, 0.15) is 11.7 Å². The van der Waals surface area contributed by atoms with Gasteiger partial charge in [0.15, 0.2) is 0 Å². The van der Waals surface area contributed by atoms with Crippen molar-refractivity contribution in [3.05, 3.63) is 29.6 Å². The van der Waals surface area contributed by atoms with Gasteiger partial charge in [0, 0.05) is 17.8 Å². The molecule has 1 atom stereocenters. The second-order valence-electron chi connectivity index (χ2n) is 4.41. The van der Waals surface area contributed by atoms with Gasteiger partial charge >= 0.3 is 0 Å². The van der Waals surface area contributed by atoms with E-state index in [9.17, 15) is 4.39 Å². The number of amidine groups is 1. The second kappa shape index (κ2) is 5.35. The fraction of sp³-hybridized carbons (Fsp3) is 0.462. The molecule has 1 aliphatic heterocycles. The maximum atomic E-state index is 13.3. The van der Waals surface area contributed by atoms with Gasteiger partial charge in [0.25, 0.3) is 0 Å². The van der Waals surface area contributed by atoms with E-state index < -0.39 is 0 Å². The van der Waals surface area contributed by atoms with E-state index in [-0.39, 0.29) is 17.7 Å². The molecule has 1 aliphatic rings. The molecule has 18 heavy (non-hydrogen) atoms. The van der Waals surface area contributed by atoms with Gasteiger partial charge in [-0.3, -0.25) is 5.41 Å². The molecule has 0 radical (unpaired) electrons. The lowest BCUT2D eigenvalue weighted by Crippen LogP contribution is -2.46. The Kier molecular flexibility index (Phi) is 3.81. The first-order valence-corrected chi connectivity index (χ1v) is 6.11. The Labute approximate surface area is 106 Å². The first kappa shape index (κ1) is 12.8. The van der Waals surface area contributed by atoms with Crippen LogP contribution in [0.15, 0.2) is 18.2 Å². The number of hydrogen-bond donors (Lipinski definition) is 2. The molecule has 4 nitrogen and oxygen atoms in total. The van der Waals surface area contributed by atoms with Gasteiger partial charge in [0.05, 0.1) is 19.3 Å². The molecule has 3 N–H and O–H groups in total. The highest BCUT2D eigenvalue weighted by Gasteiger charge is 2.24. The van der Waals surface area contributed by atoms with Gasteiger partial charge in [-0.1, -0.05) is 6.92 Å². The molecule has 5 heteroatoms. The number of morpholine rings is 1. The highest BCUT2D eigenvalue weighted by molar-refractivity contribution is 6.00. The molecule has 0 spiro atoms. The number of halogens is 1. The highest BCUT2D eigenvalue weighted by atomic mass is 19.1. The zero-order valence-electron chi connectivity index (χ0n) is 10.4. The first-order chi connectivity index (χ1) is 8.63. The third-order valence-corrected chi connectivity index (χ3v) is 3.26. The van der Waals surface area contributed by atoms with Crippen LogP contribution in [0.2, 0.25) is 0 Å². The average molecular weight is 251 g/mol. The van der Waals surface area contributed by atoms with Crippen LogP contribution in [0.5, 0.6) is 0 Å². The molecule has 0 aromatic heterocycles. The highest BCUT2D eigenvalue weighted by Crippen LogP contribution is 2.26. The molecule has 1 heterocycles. The number of rotatable bonds is 3. The van der Waals surface area contributed by atoms with Crippen molar-refractivity contribution in [3.63, 3.8) is 0 Å². The van der Waals surface area contributed by atoms with Crippen molar-refractivity contribution >= 4 is 11.5 Å². The smallest absolute Gasteiger partial charge is 0.125 e. The van der Waals surface area contributed by atoms with E-state index in [1.807, 2.05) is 0 Å². The Morgan fingerprint density at radius 1 is 1.61 bits per heavy atom. The van der Waals surface area contributed by atoms with Crippen LogP contribution in [0.4, 0.5) is 10.1 Å². The molecular weight excluding hydrogens is 233 g/mol. The lowest BCUT2D eigenvalue weighted by atomic mass is 10.1. The van der Waals surface area contributed by atoms with Crippen LogP contribution >= 0.6 is 0 Å². The van der Waals surface area contributed by atoms with E-state index in [1.54, 1.807) is 6.07 Å². The lowest BCUT2D eigenvalue weighted by Gasteiger charge is -2.37. The van der Waals surface area contributed by atoms with E-state index in [2.05, 4.69) is 11.8 Å². The van der Waals surface area contributed by atoms with Crippen molar-refractivity contribution in [3.8, 4) is 0 Å². The second-order valence-corrected chi connectivity index (χ2v) is 4.41. The molecule has 1 unspecified atom stereocenters. The van der Waals surface area contributed by atoms with Crippen LogP contribution < -0.4 is 10.6 Å². The molecule has 0 saturated carbocycles. The van der Waals surface area contributed by atoms with Crippen LogP contribution in [0.3, 0.4) is 0 Å². The third-order valence-electron chi connectivity index (χ3n) is 3.26. The Morgan fingerprint density at radius 2 is 2.39 bits per heavy atom. The molecule has 1 aromatic carbocycles. The maximum Gasteiger partial charge on any atom is 0.125 e. The van der Waals surface area contributed by atoms with Crippen LogP contribution in [0.25, 0.3) is 0 Å². The fourth-order valence-electron chi connectivity index (χ4n) is 2.28. The molecule has 2 rings (SSSR count). The summed E-state index contributed by atoms with van der Waals surface area (Å²) < 4.78 is 18.7. The van der Waals surface area contributed by atoms with Crippen molar-refractivity contribution in [2.45, 2.75) is 19.4 Å². The van der Waals surface area contributed by atoms with E-state index in [4.69, 9.17) is 15.9 Å². The van der Waals surface area contributed by atoms with Gasteiger partial charge < -0.3 is 15.4 Å². The molecule has 1 saturated heterocycles. The minimum Gasteiger partial charge on any atom is -0.384 e. The third kappa shape index (κ3) is 2.46. The summed E-state index contributed by atoms with van der Waals surface area (Å²) in [5.74, 6) is -0.476. The Bertz CT molecular complexity index is 450. The van der Waals surface area contributed by atoms with Gasteiger partial charge in [-0.25, -0.2) is 4.39 Å². The summed E-state index contributed by atoms with van der Waals surface area (Å²) >= 11 is 0. The summed E-state index contributed by atoms with van der Waals surface area (Å²) in [5.41, 5.74) is 6.81. The summed E-state index contributed by atoms with van der Waals surface area (Å²) in [6, 6.07) is 4.67. The minimum atomic E-state index is -0.370. The van der Waals surface area contributed by atoms with Crippen molar-refractivity contribution in [2.24, 2.45) is 5.73 Å². The molecule has 0 aliphatic carbocycles. The van der Waals surface area contributed by atoms with Gasteiger partial charge in [-0.15, -0.1) is 0 Å². The Hall–Kier alpha value is -1.62. The predicted molar refractivity (Wildman–Crippen MR) is 69.7 cm³/mol. The van der Waals surface area contributed by atoms with Crippen molar-refractivity contribution in [1.82, 2.24) is 0 Å². The number of nitrogens with one attached hydrogen (secondary N) is 1. The zero-order chi connectivity index (χ0) is 13.1. The molecule has 98 valence electrons. The predicted octanol–water partition coefficient (Wildman–Crippen LogP) is 1.72. The number of nitrogens with two attached hydrogens (primary N) is 1. The summed E-state index contributed by atoms with van der Waals surface area (Å²) in [7, 11) is 0. The monoisotopic (exact) mass is 251 g/mol. The van der Waals surface area contributed by atoms with Crippen LogP contribution in [0.1, 0.15) is 18.9 Å². The van der Waals surface area contributed by atoms with E-state index >= 15 is 0 Å². The van der Waals surface area contributed by atoms with Gasteiger partial charge in [-0.2, -0.15) is 0 Å². The summed E-state index contributed by atoms with van der Waals surface area (Å²) in [6.45, 7) is 4.13. The number of anilines is 1. The summed E-state index contributed by atoms with van der Waals surface area (Å²) in [5, 5.41) is 7.57. The summed E-state index contributed by atoms with van der Waals surface area (Å²) in [4.78, 5) is 2.15. The number of nitrogens with zero attached hydrogens (tertiary/aromatic N) is 1. The molecule has 1 fully saturated rings. The molecular formula is C13H18FN3O. The fourth-order valence-corrected chi connectivity index (χ4v) is 2.28. The Balaban J connectivity index is 2.39.